The van der Waals surface area contributed by atoms with Crippen LogP contribution in [0, 0.1) is 0 Å². The van der Waals surface area contributed by atoms with Gasteiger partial charge in [0.15, 0.2) is 0 Å². The molecule has 58 heavy (non-hydrogen) atoms. The van der Waals surface area contributed by atoms with Crippen molar-refractivity contribution in [3.8, 4) is 27.9 Å². The summed E-state index contributed by atoms with van der Waals surface area (Å²) in [5, 5.41) is 7.66. The Hall–Kier alpha value is -6.98. The third kappa shape index (κ3) is 5.02. The molecule has 0 N–H and O–H groups in total. The van der Waals surface area contributed by atoms with Gasteiger partial charge in [-0.1, -0.05) is 152 Å². The Kier molecular flexibility index (Phi) is 7.62. The van der Waals surface area contributed by atoms with Gasteiger partial charge in [-0.25, -0.2) is 0 Å². The van der Waals surface area contributed by atoms with Gasteiger partial charge in [-0.3, -0.25) is 0 Å². The quantitative estimate of drug-likeness (QED) is 0.163. The van der Waals surface area contributed by atoms with Crippen LogP contribution in [0.1, 0.15) is 0 Å². The van der Waals surface area contributed by atoms with Crippen molar-refractivity contribution < 1.29 is 0 Å². The molecule has 0 fully saturated rings. The lowest BCUT2D eigenvalue weighted by Crippen LogP contribution is -2.11. The second kappa shape index (κ2) is 13.3. The smallest absolute Gasteiger partial charge is 0.0562 e. The van der Waals surface area contributed by atoms with E-state index in [9.17, 15) is 0 Å². The van der Waals surface area contributed by atoms with Gasteiger partial charge in [-0.15, -0.1) is 22.7 Å². The Labute approximate surface area is 343 Å². The molecule has 0 unspecified atom stereocenters. The maximum absolute atomic E-state index is 2.49. The van der Waals surface area contributed by atoms with E-state index in [2.05, 4.69) is 216 Å². The fourth-order valence-electron chi connectivity index (χ4n) is 9.14. The van der Waals surface area contributed by atoms with E-state index < -0.39 is 0 Å². The maximum Gasteiger partial charge on any atom is 0.0562 e. The molecule has 4 heteroatoms. The molecule has 0 atom stereocenters. The first kappa shape index (κ1) is 33.2. The highest BCUT2D eigenvalue weighted by Gasteiger charge is 2.25. The number of hydrogen-bond donors (Lipinski definition) is 0. The highest BCUT2D eigenvalue weighted by Crippen LogP contribution is 2.49. The van der Waals surface area contributed by atoms with E-state index in [-0.39, 0.29) is 0 Å². The van der Waals surface area contributed by atoms with Crippen molar-refractivity contribution >= 4 is 102 Å². The summed E-state index contributed by atoms with van der Waals surface area (Å²) in [5.74, 6) is 0. The Balaban J connectivity index is 1.13. The van der Waals surface area contributed by atoms with Crippen LogP contribution in [0.2, 0.25) is 0 Å². The van der Waals surface area contributed by atoms with E-state index in [1.165, 1.54) is 90.1 Å². The van der Waals surface area contributed by atoms with Crippen LogP contribution >= 0.6 is 22.7 Å². The zero-order valence-corrected chi connectivity index (χ0v) is 33.0. The Morgan fingerprint density at radius 1 is 0.328 bits per heavy atom. The topological polar surface area (TPSA) is 8.17 Å². The molecule has 0 saturated heterocycles. The summed E-state index contributed by atoms with van der Waals surface area (Å²) in [4.78, 5) is 2.48. The molecular formula is C54H34N2S2. The van der Waals surface area contributed by atoms with Crippen molar-refractivity contribution in [1.82, 2.24) is 4.57 Å². The molecule has 0 amide bonds. The molecule has 3 heterocycles. The van der Waals surface area contributed by atoms with Crippen molar-refractivity contribution in [2.24, 2.45) is 0 Å². The van der Waals surface area contributed by atoms with Crippen LogP contribution in [0.15, 0.2) is 206 Å². The zero-order valence-electron chi connectivity index (χ0n) is 31.3. The fourth-order valence-corrected chi connectivity index (χ4v) is 11.6. The van der Waals surface area contributed by atoms with E-state index in [0.717, 1.165) is 17.1 Å². The minimum Gasteiger partial charge on any atom is -0.309 e. The molecule has 0 spiro atoms. The Morgan fingerprint density at radius 2 is 0.810 bits per heavy atom. The number of rotatable bonds is 6. The molecule has 0 bridgehead atoms. The lowest BCUT2D eigenvalue weighted by molar-refractivity contribution is 1.18. The van der Waals surface area contributed by atoms with E-state index >= 15 is 0 Å². The van der Waals surface area contributed by atoms with Gasteiger partial charge in [0.2, 0.25) is 0 Å². The summed E-state index contributed by atoms with van der Waals surface area (Å²) >= 11 is 3.76. The molecule has 12 rings (SSSR count). The second-order valence-electron chi connectivity index (χ2n) is 14.8. The minimum absolute atomic E-state index is 1.11. The highest BCUT2D eigenvalue weighted by atomic mass is 32.1. The third-order valence-electron chi connectivity index (χ3n) is 11.6. The van der Waals surface area contributed by atoms with Crippen LogP contribution in [-0.2, 0) is 0 Å². The number of thiophene rings is 2. The van der Waals surface area contributed by atoms with Crippen LogP contribution in [-0.4, -0.2) is 4.57 Å². The van der Waals surface area contributed by atoms with E-state index in [4.69, 9.17) is 0 Å². The van der Waals surface area contributed by atoms with E-state index in [1.54, 1.807) is 0 Å². The van der Waals surface area contributed by atoms with Crippen molar-refractivity contribution in [2.45, 2.75) is 0 Å². The first-order valence-electron chi connectivity index (χ1n) is 19.7. The highest BCUT2D eigenvalue weighted by molar-refractivity contribution is 7.26. The van der Waals surface area contributed by atoms with Gasteiger partial charge in [-0.2, -0.15) is 0 Å². The molecule has 0 aliphatic heterocycles. The molecule has 0 aliphatic carbocycles. The molecular weight excluding hydrogens is 741 g/mol. The minimum atomic E-state index is 1.11. The van der Waals surface area contributed by atoms with Gasteiger partial charge in [0.05, 0.1) is 28.1 Å². The summed E-state index contributed by atoms with van der Waals surface area (Å²) in [6.45, 7) is 0. The average molecular weight is 775 g/mol. The summed E-state index contributed by atoms with van der Waals surface area (Å²) in [5.41, 5.74) is 11.8. The summed E-state index contributed by atoms with van der Waals surface area (Å²) in [6, 6.07) is 75.5. The van der Waals surface area contributed by atoms with Crippen LogP contribution in [0.3, 0.4) is 0 Å². The van der Waals surface area contributed by atoms with Gasteiger partial charge in [0.1, 0.15) is 0 Å². The SMILES string of the molecule is c1ccc(N(c2ccccc2-c2cccc3c2sc2ccccc23)c2cccc3c2c2ccccc2n3-c2ccccc2-c2cccc3c2sc2ccccc23)cc1. The number of para-hydroxylation sites is 4. The molecule has 0 radical (unpaired) electrons. The molecule has 12 aromatic rings. The van der Waals surface area contributed by atoms with Gasteiger partial charge < -0.3 is 9.47 Å². The fraction of sp³-hybridized carbons (Fsp3) is 0. The van der Waals surface area contributed by atoms with Crippen LogP contribution in [0.5, 0.6) is 0 Å². The molecule has 9 aromatic carbocycles. The standard InChI is InChI=1S/C54H34N2S2/c1-2-17-35(18-3-1)55(45-28-9-4-19-36(45)40-24-14-26-42-38-21-7-12-33-50(38)57-53(40)42)48-31-16-32-49-52(48)44-23-6-11-30-47(44)56(49)46-29-10-5-20-37(46)41-25-15-27-43-39-22-8-13-34-51(39)58-54(41)43/h1-34H. The lowest BCUT2D eigenvalue weighted by Gasteiger charge is -2.29. The normalized spacial score (nSPS) is 11.8. The molecule has 2 nitrogen and oxygen atoms in total. The summed E-state index contributed by atoms with van der Waals surface area (Å²) < 4.78 is 7.74. The lowest BCUT2D eigenvalue weighted by atomic mass is 9.99. The first-order chi connectivity index (χ1) is 28.8. The van der Waals surface area contributed by atoms with E-state index in [1.807, 2.05) is 22.7 Å². The van der Waals surface area contributed by atoms with Crippen molar-refractivity contribution in [3.05, 3.63) is 206 Å². The largest absolute Gasteiger partial charge is 0.309 e. The molecule has 0 saturated carbocycles. The zero-order chi connectivity index (χ0) is 38.2. The predicted molar refractivity (Wildman–Crippen MR) is 252 cm³/mol. The second-order valence-corrected chi connectivity index (χ2v) is 16.9. The average Bonchev–Trinajstić information content (AvgIpc) is 3.97. The van der Waals surface area contributed by atoms with Gasteiger partial charge in [0, 0.05) is 79.1 Å². The monoisotopic (exact) mass is 774 g/mol. The van der Waals surface area contributed by atoms with E-state index in [0.29, 0.717) is 0 Å². The Morgan fingerprint density at radius 3 is 1.53 bits per heavy atom. The Bertz CT molecular complexity index is 3530. The van der Waals surface area contributed by atoms with Gasteiger partial charge >= 0.3 is 0 Å². The number of benzene rings is 9. The van der Waals surface area contributed by atoms with Gasteiger partial charge in [0.25, 0.3) is 0 Å². The predicted octanol–water partition coefficient (Wildman–Crippen LogP) is 16.3. The number of nitrogens with zero attached hydrogens (tertiary/aromatic N) is 2. The van der Waals surface area contributed by atoms with Crippen molar-refractivity contribution in [2.75, 3.05) is 4.90 Å². The van der Waals surface area contributed by atoms with Crippen molar-refractivity contribution in [3.63, 3.8) is 0 Å². The number of aromatic nitrogens is 1. The number of fused-ring (bicyclic) bond motifs is 9. The van der Waals surface area contributed by atoms with Crippen LogP contribution in [0.25, 0.3) is 90.1 Å². The molecule has 0 aliphatic rings. The number of hydrogen-bond acceptors (Lipinski definition) is 3. The summed E-state index contributed by atoms with van der Waals surface area (Å²) in [7, 11) is 0. The first-order valence-corrected chi connectivity index (χ1v) is 21.3. The van der Waals surface area contributed by atoms with Gasteiger partial charge in [-0.05, 0) is 54.6 Å². The maximum atomic E-state index is 2.49. The van der Waals surface area contributed by atoms with Crippen LogP contribution in [0.4, 0.5) is 17.1 Å². The summed E-state index contributed by atoms with van der Waals surface area (Å²) in [6.07, 6.45) is 0. The number of anilines is 3. The third-order valence-corrected chi connectivity index (χ3v) is 14.0. The molecule has 3 aromatic heterocycles. The van der Waals surface area contributed by atoms with Crippen LogP contribution < -0.4 is 4.90 Å². The van der Waals surface area contributed by atoms with Crippen molar-refractivity contribution in [1.29, 1.82) is 0 Å². The molecule has 272 valence electrons.